The quantitative estimate of drug-likeness (QED) is 0.630. The molecule has 0 radical (unpaired) electrons. The minimum atomic E-state index is 0.775. The van der Waals surface area contributed by atoms with Crippen molar-refractivity contribution >= 4 is 11.6 Å². The second kappa shape index (κ2) is 9.52. The van der Waals surface area contributed by atoms with Gasteiger partial charge in [-0.25, -0.2) is 9.97 Å². The summed E-state index contributed by atoms with van der Waals surface area (Å²) < 4.78 is 5.40. The predicted molar refractivity (Wildman–Crippen MR) is 108 cm³/mol. The second-order valence-corrected chi connectivity index (χ2v) is 6.28. The Morgan fingerprint density at radius 3 is 2.67 bits per heavy atom. The van der Waals surface area contributed by atoms with Gasteiger partial charge >= 0.3 is 0 Å². The maximum atomic E-state index is 5.40. The summed E-state index contributed by atoms with van der Waals surface area (Å²) in [6.45, 7) is 1.65. The summed E-state index contributed by atoms with van der Waals surface area (Å²) in [5.41, 5.74) is 2.44. The smallest absolute Gasteiger partial charge is 0.133 e. The average Bonchev–Trinajstić information content (AvgIpc) is 2.73. The molecule has 0 aliphatic rings. The molecule has 0 aliphatic heterocycles. The van der Waals surface area contributed by atoms with Crippen LogP contribution in [0.25, 0.3) is 0 Å². The number of aromatic nitrogens is 3. The van der Waals surface area contributed by atoms with E-state index in [9.17, 15) is 0 Å². The first-order valence-electron chi connectivity index (χ1n) is 9.04. The molecule has 3 aromatic rings. The second-order valence-electron chi connectivity index (χ2n) is 6.28. The van der Waals surface area contributed by atoms with Gasteiger partial charge in [-0.3, -0.25) is 4.98 Å². The van der Waals surface area contributed by atoms with E-state index in [4.69, 9.17) is 4.74 Å². The van der Waals surface area contributed by atoms with Crippen LogP contribution in [0.4, 0.5) is 11.6 Å². The highest BCUT2D eigenvalue weighted by atomic mass is 16.5. The van der Waals surface area contributed by atoms with Crippen molar-refractivity contribution in [3.05, 3.63) is 72.3 Å². The van der Waals surface area contributed by atoms with Gasteiger partial charge in [0, 0.05) is 38.6 Å². The SMILES string of the molecule is COc1ccccc1CCNc1cc(N(C)CCc2ccncc2)ncn1. The van der Waals surface area contributed by atoms with Crippen LogP contribution in [-0.2, 0) is 12.8 Å². The molecule has 0 saturated carbocycles. The Labute approximate surface area is 160 Å². The van der Waals surface area contributed by atoms with Crippen LogP contribution in [0.3, 0.4) is 0 Å². The summed E-state index contributed by atoms with van der Waals surface area (Å²) in [5.74, 6) is 2.64. The van der Waals surface area contributed by atoms with Crippen LogP contribution in [0, 0.1) is 0 Å². The zero-order valence-electron chi connectivity index (χ0n) is 15.8. The van der Waals surface area contributed by atoms with Crippen molar-refractivity contribution in [1.82, 2.24) is 15.0 Å². The van der Waals surface area contributed by atoms with E-state index in [2.05, 4.69) is 31.2 Å². The molecule has 6 heteroatoms. The molecule has 27 heavy (non-hydrogen) atoms. The van der Waals surface area contributed by atoms with E-state index in [0.717, 1.165) is 43.3 Å². The fourth-order valence-corrected chi connectivity index (χ4v) is 2.85. The molecule has 0 spiro atoms. The topological polar surface area (TPSA) is 63.2 Å². The van der Waals surface area contributed by atoms with Crippen LogP contribution >= 0.6 is 0 Å². The van der Waals surface area contributed by atoms with Gasteiger partial charge < -0.3 is 15.0 Å². The van der Waals surface area contributed by atoms with Gasteiger partial charge in [0.1, 0.15) is 23.7 Å². The number of hydrogen-bond acceptors (Lipinski definition) is 6. The Morgan fingerprint density at radius 1 is 1.04 bits per heavy atom. The van der Waals surface area contributed by atoms with Gasteiger partial charge in [0.25, 0.3) is 0 Å². The van der Waals surface area contributed by atoms with E-state index >= 15 is 0 Å². The van der Waals surface area contributed by atoms with Crippen LogP contribution < -0.4 is 15.0 Å². The molecular weight excluding hydrogens is 338 g/mol. The van der Waals surface area contributed by atoms with Crippen LogP contribution in [-0.4, -0.2) is 42.2 Å². The zero-order chi connectivity index (χ0) is 18.9. The van der Waals surface area contributed by atoms with E-state index in [1.807, 2.05) is 55.8 Å². The van der Waals surface area contributed by atoms with Crippen LogP contribution in [0.2, 0.25) is 0 Å². The Hall–Kier alpha value is -3.15. The van der Waals surface area contributed by atoms with E-state index < -0.39 is 0 Å². The molecule has 1 aromatic carbocycles. The summed E-state index contributed by atoms with van der Waals surface area (Å²) >= 11 is 0. The van der Waals surface area contributed by atoms with Crippen molar-refractivity contribution in [2.24, 2.45) is 0 Å². The third kappa shape index (κ3) is 5.41. The van der Waals surface area contributed by atoms with Crippen LogP contribution in [0.15, 0.2) is 61.2 Å². The summed E-state index contributed by atoms with van der Waals surface area (Å²) in [4.78, 5) is 14.9. The molecule has 2 aromatic heterocycles. The number of nitrogens with one attached hydrogen (secondary N) is 1. The molecular formula is C21H25N5O. The fraction of sp³-hybridized carbons (Fsp3) is 0.286. The van der Waals surface area contributed by atoms with Gasteiger partial charge in [0.05, 0.1) is 7.11 Å². The number of anilines is 2. The molecule has 140 valence electrons. The van der Waals surface area contributed by atoms with Crippen molar-refractivity contribution in [3.63, 3.8) is 0 Å². The number of para-hydroxylation sites is 1. The molecule has 0 amide bonds. The lowest BCUT2D eigenvalue weighted by atomic mass is 10.1. The van der Waals surface area contributed by atoms with Crippen molar-refractivity contribution in [2.75, 3.05) is 37.5 Å². The molecule has 1 N–H and O–H groups in total. The zero-order valence-corrected chi connectivity index (χ0v) is 15.8. The summed E-state index contributed by atoms with van der Waals surface area (Å²) in [7, 11) is 3.74. The summed E-state index contributed by atoms with van der Waals surface area (Å²) in [6.07, 6.45) is 7.05. The monoisotopic (exact) mass is 363 g/mol. The maximum Gasteiger partial charge on any atom is 0.133 e. The fourth-order valence-electron chi connectivity index (χ4n) is 2.85. The lowest BCUT2D eigenvalue weighted by Gasteiger charge is -2.18. The van der Waals surface area contributed by atoms with Crippen molar-refractivity contribution < 1.29 is 4.74 Å². The molecule has 2 heterocycles. The predicted octanol–water partition coefficient (Wildman–Crippen LogP) is 3.21. The Bertz CT molecular complexity index is 841. The number of hydrogen-bond donors (Lipinski definition) is 1. The minimum absolute atomic E-state index is 0.775. The minimum Gasteiger partial charge on any atom is -0.496 e. The lowest BCUT2D eigenvalue weighted by Crippen LogP contribution is -2.21. The molecule has 0 fully saturated rings. The van der Waals surface area contributed by atoms with Gasteiger partial charge in [-0.2, -0.15) is 0 Å². The van der Waals surface area contributed by atoms with Gasteiger partial charge in [0.2, 0.25) is 0 Å². The van der Waals surface area contributed by atoms with Crippen LogP contribution in [0.5, 0.6) is 5.75 Å². The van der Waals surface area contributed by atoms with Gasteiger partial charge in [-0.1, -0.05) is 18.2 Å². The largest absolute Gasteiger partial charge is 0.496 e. The number of ether oxygens (including phenoxy) is 1. The summed E-state index contributed by atoms with van der Waals surface area (Å²) in [6, 6.07) is 14.1. The first kappa shape index (κ1) is 18.6. The first-order valence-corrected chi connectivity index (χ1v) is 9.04. The maximum absolute atomic E-state index is 5.40. The Morgan fingerprint density at radius 2 is 1.85 bits per heavy atom. The van der Waals surface area contributed by atoms with Crippen molar-refractivity contribution in [1.29, 1.82) is 0 Å². The molecule has 0 saturated heterocycles. The van der Waals surface area contributed by atoms with E-state index in [0.29, 0.717) is 0 Å². The number of pyridine rings is 1. The van der Waals surface area contributed by atoms with Gasteiger partial charge in [-0.15, -0.1) is 0 Å². The number of methoxy groups -OCH3 is 1. The van der Waals surface area contributed by atoms with Gasteiger partial charge in [0.15, 0.2) is 0 Å². The molecule has 6 nitrogen and oxygen atoms in total. The standard InChI is InChI=1S/C21H25N5O/c1-26(14-10-17-7-11-22-12-8-17)21-15-20(24-16-25-21)23-13-9-18-5-3-4-6-19(18)27-2/h3-8,11-12,15-16H,9-10,13-14H2,1-2H3,(H,23,24,25). The van der Waals surface area contributed by atoms with Crippen molar-refractivity contribution in [3.8, 4) is 5.75 Å². The third-order valence-corrected chi connectivity index (χ3v) is 4.42. The van der Waals surface area contributed by atoms with Crippen molar-refractivity contribution in [2.45, 2.75) is 12.8 Å². The highest BCUT2D eigenvalue weighted by molar-refractivity contribution is 5.48. The molecule has 3 rings (SSSR count). The van der Waals surface area contributed by atoms with Gasteiger partial charge in [-0.05, 0) is 42.2 Å². The number of benzene rings is 1. The highest BCUT2D eigenvalue weighted by Crippen LogP contribution is 2.18. The summed E-state index contributed by atoms with van der Waals surface area (Å²) in [5, 5.41) is 3.37. The number of likely N-dealkylation sites (N-methyl/N-ethyl adjacent to an activating group) is 1. The van der Waals surface area contributed by atoms with E-state index in [1.54, 1.807) is 13.4 Å². The van der Waals surface area contributed by atoms with E-state index in [1.165, 1.54) is 11.1 Å². The van der Waals surface area contributed by atoms with Crippen LogP contribution in [0.1, 0.15) is 11.1 Å². The average molecular weight is 363 g/mol. The third-order valence-electron chi connectivity index (χ3n) is 4.42. The Kier molecular flexibility index (Phi) is 6.57. The number of nitrogens with zero attached hydrogens (tertiary/aromatic N) is 4. The first-order chi connectivity index (χ1) is 13.3. The highest BCUT2D eigenvalue weighted by Gasteiger charge is 2.06. The molecule has 0 aliphatic carbocycles. The molecule has 0 bridgehead atoms. The van der Waals surface area contributed by atoms with E-state index in [-0.39, 0.29) is 0 Å². The molecule has 0 atom stereocenters. The molecule has 0 unspecified atom stereocenters. The lowest BCUT2D eigenvalue weighted by molar-refractivity contribution is 0.410. The Balaban J connectivity index is 1.53. The normalized spacial score (nSPS) is 10.4. The number of rotatable bonds is 9.